The lowest BCUT2D eigenvalue weighted by Gasteiger charge is -2.09. The summed E-state index contributed by atoms with van der Waals surface area (Å²) in [7, 11) is -2.89. The van der Waals surface area contributed by atoms with E-state index in [1.165, 1.54) is 11.8 Å². The SMILES string of the molecule is CS(=O)(=O)CCCC(O)CCCc1ccccc1. The molecule has 3 nitrogen and oxygen atoms in total. The van der Waals surface area contributed by atoms with Gasteiger partial charge in [0.1, 0.15) is 9.84 Å². The smallest absolute Gasteiger partial charge is 0.147 e. The number of aryl methyl sites for hydroxylation is 1. The highest BCUT2D eigenvalue weighted by Crippen LogP contribution is 2.10. The third-order valence-electron chi connectivity index (χ3n) is 2.90. The topological polar surface area (TPSA) is 54.4 Å². The summed E-state index contributed by atoms with van der Waals surface area (Å²) in [6.07, 6.45) is 4.60. The molecule has 4 heteroatoms. The lowest BCUT2D eigenvalue weighted by Crippen LogP contribution is -2.10. The Morgan fingerprint density at radius 2 is 1.72 bits per heavy atom. The normalized spacial score (nSPS) is 13.4. The quantitative estimate of drug-likeness (QED) is 0.788. The molecule has 1 aromatic rings. The van der Waals surface area contributed by atoms with Crippen LogP contribution in [-0.2, 0) is 16.3 Å². The lowest BCUT2D eigenvalue weighted by molar-refractivity contribution is 0.151. The molecule has 0 bridgehead atoms. The number of sulfone groups is 1. The maximum atomic E-state index is 10.9. The molecule has 0 amide bonds. The summed E-state index contributed by atoms with van der Waals surface area (Å²) in [6.45, 7) is 0. The van der Waals surface area contributed by atoms with Crippen molar-refractivity contribution in [1.29, 1.82) is 0 Å². The largest absolute Gasteiger partial charge is 0.393 e. The van der Waals surface area contributed by atoms with Gasteiger partial charge in [0.05, 0.1) is 6.10 Å². The van der Waals surface area contributed by atoms with Gasteiger partial charge in [0.15, 0.2) is 0 Å². The van der Waals surface area contributed by atoms with Gasteiger partial charge in [-0.1, -0.05) is 30.3 Å². The molecule has 0 fully saturated rings. The molecule has 1 rings (SSSR count). The summed E-state index contributed by atoms with van der Waals surface area (Å²) in [4.78, 5) is 0. The van der Waals surface area contributed by atoms with Crippen molar-refractivity contribution < 1.29 is 13.5 Å². The molecular weight excluding hydrogens is 248 g/mol. The van der Waals surface area contributed by atoms with Gasteiger partial charge in [-0.05, 0) is 37.7 Å². The Bertz CT molecular complexity index is 426. The molecule has 0 heterocycles. The zero-order valence-corrected chi connectivity index (χ0v) is 11.7. The second kappa shape index (κ2) is 7.54. The minimum atomic E-state index is -2.89. The zero-order chi connectivity index (χ0) is 13.4. The van der Waals surface area contributed by atoms with Crippen LogP contribution in [0.5, 0.6) is 0 Å². The Hall–Kier alpha value is -0.870. The van der Waals surface area contributed by atoms with E-state index < -0.39 is 9.84 Å². The van der Waals surface area contributed by atoms with Crippen molar-refractivity contribution in [3.8, 4) is 0 Å². The predicted molar refractivity (Wildman–Crippen MR) is 74.3 cm³/mol. The van der Waals surface area contributed by atoms with Crippen molar-refractivity contribution in [2.45, 2.75) is 38.2 Å². The minimum Gasteiger partial charge on any atom is -0.393 e. The van der Waals surface area contributed by atoms with Gasteiger partial charge in [-0.25, -0.2) is 8.42 Å². The molecule has 1 aromatic carbocycles. The predicted octanol–water partition coefficient (Wildman–Crippen LogP) is 2.20. The minimum absolute atomic E-state index is 0.169. The van der Waals surface area contributed by atoms with Crippen molar-refractivity contribution in [2.24, 2.45) is 0 Å². The van der Waals surface area contributed by atoms with Crippen LogP contribution in [0.15, 0.2) is 30.3 Å². The van der Waals surface area contributed by atoms with Crippen molar-refractivity contribution in [3.05, 3.63) is 35.9 Å². The van der Waals surface area contributed by atoms with Gasteiger partial charge in [-0.2, -0.15) is 0 Å². The second-order valence-electron chi connectivity index (χ2n) is 4.80. The van der Waals surface area contributed by atoms with Crippen LogP contribution in [0.1, 0.15) is 31.2 Å². The number of benzene rings is 1. The van der Waals surface area contributed by atoms with Crippen molar-refractivity contribution in [1.82, 2.24) is 0 Å². The van der Waals surface area contributed by atoms with Gasteiger partial charge in [0.25, 0.3) is 0 Å². The van der Waals surface area contributed by atoms with E-state index in [0.29, 0.717) is 12.8 Å². The molecule has 18 heavy (non-hydrogen) atoms. The van der Waals surface area contributed by atoms with Crippen molar-refractivity contribution in [3.63, 3.8) is 0 Å². The first-order valence-corrected chi connectivity index (χ1v) is 8.43. The van der Waals surface area contributed by atoms with E-state index in [4.69, 9.17) is 0 Å². The van der Waals surface area contributed by atoms with Crippen LogP contribution < -0.4 is 0 Å². The first-order valence-electron chi connectivity index (χ1n) is 6.37. The standard InChI is InChI=1S/C14H22O3S/c1-18(16,17)12-6-11-14(15)10-5-9-13-7-3-2-4-8-13/h2-4,7-8,14-15H,5-6,9-12H2,1H3. The van der Waals surface area contributed by atoms with Crippen LogP contribution in [0.4, 0.5) is 0 Å². The van der Waals surface area contributed by atoms with Gasteiger partial charge >= 0.3 is 0 Å². The highest BCUT2D eigenvalue weighted by Gasteiger charge is 2.07. The van der Waals surface area contributed by atoms with Crippen LogP contribution in [0.2, 0.25) is 0 Å². The van der Waals surface area contributed by atoms with Crippen LogP contribution in [0.3, 0.4) is 0 Å². The average Bonchev–Trinajstić information content (AvgIpc) is 2.28. The Morgan fingerprint density at radius 1 is 1.11 bits per heavy atom. The van der Waals surface area contributed by atoms with Crippen LogP contribution in [0.25, 0.3) is 0 Å². The Kier molecular flexibility index (Phi) is 6.36. The molecule has 0 aliphatic heterocycles. The zero-order valence-electron chi connectivity index (χ0n) is 10.9. The van der Waals surface area contributed by atoms with Gasteiger partial charge in [-0.15, -0.1) is 0 Å². The first-order chi connectivity index (χ1) is 8.47. The summed E-state index contributed by atoms with van der Waals surface area (Å²) in [5.41, 5.74) is 1.28. The fourth-order valence-electron chi connectivity index (χ4n) is 1.91. The molecule has 0 aromatic heterocycles. The Labute approximate surface area is 110 Å². The first kappa shape index (κ1) is 15.2. The highest BCUT2D eigenvalue weighted by molar-refractivity contribution is 7.90. The summed E-state index contributed by atoms with van der Waals surface area (Å²) in [5, 5.41) is 9.73. The van der Waals surface area contributed by atoms with E-state index in [-0.39, 0.29) is 11.9 Å². The van der Waals surface area contributed by atoms with Crippen LogP contribution in [-0.4, -0.2) is 31.6 Å². The third kappa shape index (κ3) is 7.45. The van der Waals surface area contributed by atoms with Crippen molar-refractivity contribution >= 4 is 9.84 Å². The molecule has 0 spiro atoms. The molecule has 0 aliphatic rings. The van der Waals surface area contributed by atoms with E-state index in [9.17, 15) is 13.5 Å². The van der Waals surface area contributed by atoms with Gasteiger partial charge < -0.3 is 5.11 Å². The molecule has 1 N–H and O–H groups in total. The van der Waals surface area contributed by atoms with Crippen molar-refractivity contribution in [2.75, 3.05) is 12.0 Å². The highest BCUT2D eigenvalue weighted by atomic mass is 32.2. The molecule has 102 valence electrons. The summed E-state index contributed by atoms with van der Waals surface area (Å²) in [5.74, 6) is 0.169. The average molecular weight is 270 g/mol. The van der Waals surface area contributed by atoms with Gasteiger partial charge in [0.2, 0.25) is 0 Å². The van der Waals surface area contributed by atoms with E-state index in [1.807, 2.05) is 18.2 Å². The van der Waals surface area contributed by atoms with E-state index in [1.54, 1.807) is 0 Å². The van der Waals surface area contributed by atoms with Crippen LogP contribution in [0, 0.1) is 0 Å². The number of rotatable bonds is 8. The molecular formula is C14H22O3S. The molecule has 1 atom stereocenters. The molecule has 0 aliphatic carbocycles. The lowest BCUT2D eigenvalue weighted by atomic mass is 10.0. The number of aliphatic hydroxyl groups is 1. The summed E-state index contributed by atoms with van der Waals surface area (Å²) >= 11 is 0. The maximum absolute atomic E-state index is 10.9. The molecule has 0 saturated heterocycles. The summed E-state index contributed by atoms with van der Waals surface area (Å²) in [6, 6.07) is 10.2. The van der Waals surface area contributed by atoms with Gasteiger partial charge in [0, 0.05) is 12.0 Å². The van der Waals surface area contributed by atoms with E-state index in [2.05, 4.69) is 12.1 Å². The van der Waals surface area contributed by atoms with E-state index in [0.717, 1.165) is 19.3 Å². The fraction of sp³-hybridized carbons (Fsp3) is 0.571. The monoisotopic (exact) mass is 270 g/mol. The van der Waals surface area contributed by atoms with E-state index >= 15 is 0 Å². The van der Waals surface area contributed by atoms with Crippen LogP contribution >= 0.6 is 0 Å². The second-order valence-corrected chi connectivity index (χ2v) is 7.06. The Balaban J connectivity index is 2.12. The number of hydrogen-bond acceptors (Lipinski definition) is 3. The molecule has 0 radical (unpaired) electrons. The third-order valence-corrected chi connectivity index (χ3v) is 3.93. The number of aliphatic hydroxyl groups excluding tert-OH is 1. The maximum Gasteiger partial charge on any atom is 0.147 e. The Morgan fingerprint density at radius 3 is 2.33 bits per heavy atom. The fourth-order valence-corrected chi connectivity index (χ4v) is 2.60. The molecule has 0 saturated carbocycles. The molecule has 1 unspecified atom stereocenters. The number of hydrogen-bond donors (Lipinski definition) is 1. The summed E-state index contributed by atoms with van der Waals surface area (Å²) < 4.78 is 21.9. The van der Waals surface area contributed by atoms with Gasteiger partial charge in [-0.3, -0.25) is 0 Å².